The highest BCUT2D eigenvalue weighted by Crippen LogP contribution is 2.22. The number of anilines is 2. The number of piperidine rings is 1. The molecule has 0 radical (unpaired) electrons. The van der Waals surface area contributed by atoms with E-state index >= 15 is 0 Å². The summed E-state index contributed by atoms with van der Waals surface area (Å²) in [4.78, 5) is 15.2. The van der Waals surface area contributed by atoms with Crippen LogP contribution in [0.2, 0.25) is 0 Å². The maximum Gasteiger partial charge on any atom is 0.261 e. The van der Waals surface area contributed by atoms with Gasteiger partial charge in [-0.3, -0.25) is 14.4 Å². The second kappa shape index (κ2) is 9.97. The maximum atomic E-state index is 12.7. The Morgan fingerprint density at radius 2 is 1.41 bits per heavy atom. The van der Waals surface area contributed by atoms with Gasteiger partial charge in [0.15, 0.2) is 0 Å². The molecule has 0 saturated carbocycles. The number of hydrogen-bond donors (Lipinski definition) is 2. The molecule has 1 aliphatic heterocycles. The van der Waals surface area contributed by atoms with Gasteiger partial charge in [0.2, 0.25) is 5.91 Å². The van der Waals surface area contributed by atoms with Gasteiger partial charge < -0.3 is 5.32 Å². The first-order valence-electron chi connectivity index (χ1n) is 10.7. The molecule has 0 unspecified atom stereocenters. The molecule has 0 bridgehead atoms. The van der Waals surface area contributed by atoms with E-state index in [0.29, 0.717) is 11.4 Å². The standard InChI is InChI=1S/C25H27N3O3S/c29-25(21-15-17-28(18-16-21)19-20-7-3-1-4-8-20)26-22-11-13-24(14-12-22)32(30,31)27-23-9-5-2-6-10-23/h1-14,21,27H,15-19H2,(H,26,29). The van der Waals surface area contributed by atoms with E-state index in [1.807, 2.05) is 24.3 Å². The van der Waals surface area contributed by atoms with E-state index in [4.69, 9.17) is 0 Å². The monoisotopic (exact) mass is 449 g/mol. The SMILES string of the molecule is O=C(Nc1ccc(S(=O)(=O)Nc2ccccc2)cc1)C1CCN(Cc2ccccc2)CC1. The van der Waals surface area contributed by atoms with Crippen LogP contribution in [-0.2, 0) is 21.4 Å². The lowest BCUT2D eigenvalue weighted by Gasteiger charge is -2.31. The van der Waals surface area contributed by atoms with Crippen molar-refractivity contribution < 1.29 is 13.2 Å². The minimum Gasteiger partial charge on any atom is -0.326 e. The zero-order chi connectivity index (χ0) is 22.4. The van der Waals surface area contributed by atoms with Crippen LogP contribution in [0.1, 0.15) is 18.4 Å². The van der Waals surface area contributed by atoms with E-state index in [-0.39, 0.29) is 16.7 Å². The van der Waals surface area contributed by atoms with Gasteiger partial charge in [-0.05, 0) is 67.9 Å². The summed E-state index contributed by atoms with van der Waals surface area (Å²) >= 11 is 0. The average Bonchev–Trinajstić information content (AvgIpc) is 2.81. The lowest BCUT2D eigenvalue weighted by molar-refractivity contribution is -0.121. The Morgan fingerprint density at radius 1 is 0.812 bits per heavy atom. The largest absolute Gasteiger partial charge is 0.326 e. The first kappa shape index (κ1) is 22.0. The highest BCUT2D eigenvalue weighted by molar-refractivity contribution is 7.92. The smallest absolute Gasteiger partial charge is 0.261 e. The highest BCUT2D eigenvalue weighted by Gasteiger charge is 2.25. The molecule has 2 N–H and O–H groups in total. The second-order valence-corrected chi connectivity index (χ2v) is 9.70. The highest BCUT2D eigenvalue weighted by atomic mass is 32.2. The molecule has 4 rings (SSSR count). The first-order valence-corrected chi connectivity index (χ1v) is 12.2. The predicted molar refractivity (Wildman–Crippen MR) is 127 cm³/mol. The number of likely N-dealkylation sites (tertiary alicyclic amines) is 1. The molecular weight excluding hydrogens is 422 g/mol. The van der Waals surface area contributed by atoms with Crippen LogP contribution < -0.4 is 10.0 Å². The van der Waals surface area contributed by atoms with E-state index in [1.54, 1.807) is 36.4 Å². The number of para-hydroxylation sites is 1. The number of hydrogen-bond acceptors (Lipinski definition) is 4. The summed E-state index contributed by atoms with van der Waals surface area (Å²) in [6, 6.07) is 25.4. The van der Waals surface area contributed by atoms with E-state index < -0.39 is 10.0 Å². The summed E-state index contributed by atoms with van der Waals surface area (Å²) in [5.41, 5.74) is 2.39. The average molecular weight is 450 g/mol. The summed E-state index contributed by atoms with van der Waals surface area (Å²) in [6.07, 6.45) is 1.62. The fourth-order valence-corrected chi connectivity index (χ4v) is 4.94. The molecule has 3 aromatic rings. The van der Waals surface area contributed by atoms with Crippen molar-refractivity contribution in [1.82, 2.24) is 4.90 Å². The minimum absolute atomic E-state index is 0.0117. The molecule has 0 spiro atoms. The summed E-state index contributed by atoms with van der Waals surface area (Å²) in [6.45, 7) is 2.67. The lowest BCUT2D eigenvalue weighted by Crippen LogP contribution is -2.37. The summed E-state index contributed by atoms with van der Waals surface area (Å²) in [5, 5.41) is 2.93. The molecule has 0 aliphatic carbocycles. The van der Waals surface area contributed by atoms with E-state index in [2.05, 4.69) is 27.1 Å². The topological polar surface area (TPSA) is 78.5 Å². The number of amides is 1. The van der Waals surface area contributed by atoms with Crippen molar-refractivity contribution in [3.05, 3.63) is 90.5 Å². The molecule has 1 saturated heterocycles. The normalized spacial score (nSPS) is 15.2. The van der Waals surface area contributed by atoms with Crippen molar-refractivity contribution >= 4 is 27.3 Å². The van der Waals surface area contributed by atoms with Crippen LogP contribution in [0.25, 0.3) is 0 Å². The second-order valence-electron chi connectivity index (χ2n) is 8.02. The van der Waals surface area contributed by atoms with Crippen LogP contribution in [0.5, 0.6) is 0 Å². The van der Waals surface area contributed by atoms with Gasteiger partial charge in [0.25, 0.3) is 10.0 Å². The van der Waals surface area contributed by atoms with Gasteiger partial charge in [-0.2, -0.15) is 0 Å². The van der Waals surface area contributed by atoms with Crippen molar-refractivity contribution in [2.24, 2.45) is 5.92 Å². The van der Waals surface area contributed by atoms with Crippen molar-refractivity contribution in [2.45, 2.75) is 24.3 Å². The lowest BCUT2D eigenvalue weighted by atomic mass is 9.95. The van der Waals surface area contributed by atoms with Crippen LogP contribution >= 0.6 is 0 Å². The molecule has 0 aromatic heterocycles. The molecule has 1 aliphatic rings. The number of nitrogens with zero attached hydrogens (tertiary/aromatic N) is 1. The Kier molecular flexibility index (Phi) is 6.87. The fraction of sp³-hybridized carbons (Fsp3) is 0.240. The summed E-state index contributed by atoms with van der Waals surface area (Å²) in [5.74, 6) is -0.0486. The molecule has 7 heteroatoms. The Bertz CT molecular complexity index is 1130. The number of benzene rings is 3. The zero-order valence-electron chi connectivity index (χ0n) is 17.8. The van der Waals surface area contributed by atoms with Crippen LogP contribution in [0.4, 0.5) is 11.4 Å². The Balaban J connectivity index is 1.29. The molecule has 0 atom stereocenters. The van der Waals surface area contributed by atoms with E-state index in [9.17, 15) is 13.2 Å². The zero-order valence-corrected chi connectivity index (χ0v) is 18.6. The molecule has 32 heavy (non-hydrogen) atoms. The number of sulfonamides is 1. The van der Waals surface area contributed by atoms with Crippen molar-refractivity contribution in [1.29, 1.82) is 0 Å². The van der Waals surface area contributed by atoms with Crippen LogP contribution in [0, 0.1) is 5.92 Å². The van der Waals surface area contributed by atoms with Crippen LogP contribution in [0.15, 0.2) is 89.8 Å². The Hall–Kier alpha value is -3.16. The molecule has 1 amide bonds. The third-order valence-corrected chi connectivity index (χ3v) is 7.06. The molecule has 6 nitrogen and oxygen atoms in total. The minimum atomic E-state index is -3.68. The third-order valence-electron chi connectivity index (χ3n) is 5.67. The van der Waals surface area contributed by atoms with Gasteiger partial charge in [0.1, 0.15) is 0 Å². The van der Waals surface area contributed by atoms with Crippen LogP contribution in [0.3, 0.4) is 0 Å². The van der Waals surface area contributed by atoms with Gasteiger partial charge >= 0.3 is 0 Å². The summed E-state index contributed by atoms with van der Waals surface area (Å²) in [7, 11) is -3.68. The quantitative estimate of drug-likeness (QED) is 0.563. The van der Waals surface area contributed by atoms with Gasteiger partial charge in [-0.15, -0.1) is 0 Å². The predicted octanol–water partition coefficient (Wildman–Crippen LogP) is 4.34. The molecule has 3 aromatic carbocycles. The van der Waals surface area contributed by atoms with Gasteiger partial charge in [0, 0.05) is 23.8 Å². The molecule has 166 valence electrons. The molecule has 1 heterocycles. The number of carbonyl (C=O) groups is 1. The van der Waals surface area contributed by atoms with Gasteiger partial charge in [0.05, 0.1) is 4.90 Å². The van der Waals surface area contributed by atoms with E-state index in [0.717, 1.165) is 32.5 Å². The Labute approximate surface area is 189 Å². The molecule has 1 fully saturated rings. The number of rotatable bonds is 7. The van der Waals surface area contributed by atoms with E-state index in [1.165, 1.54) is 17.7 Å². The van der Waals surface area contributed by atoms with Crippen molar-refractivity contribution in [2.75, 3.05) is 23.1 Å². The number of carbonyl (C=O) groups excluding carboxylic acids is 1. The fourth-order valence-electron chi connectivity index (χ4n) is 3.88. The first-order chi connectivity index (χ1) is 15.5. The maximum absolute atomic E-state index is 12.7. The van der Waals surface area contributed by atoms with Crippen molar-refractivity contribution in [3.63, 3.8) is 0 Å². The number of nitrogens with one attached hydrogen (secondary N) is 2. The van der Waals surface area contributed by atoms with Crippen molar-refractivity contribution in [3.8, 4) is 0 Å². The van der Waals surface area contributed by atoms with Gasteiger partial charge in [-0.1, -0.05) is 48.5 Å². The molecular formula is C25H27N3O3S. The van der Waals surface area contributed by atoms with Crippen LogP contribution in [-0.4, -0.2) is 32.3 Å². The summed E-state index contributed by atoms with van der Waals surface area (Å²) < 4.78 is 27.6. The third kappa shape index (κ3) is 5.75. The van der Waals surface area contributed by atoms with Gasteiger partial charge in [-0.25, -0.2) is 8.42 Å². The Morgan fingerprint density at radius 3 is 2.03 bits per heavy atom.